The summed E-state index contributed by atoms with van der Waals surface area (Å²) in [5.41, 5.74) is 0.541. The topological polar surface area (TPSA) is 18.5 Å². The van der Waals surface area contributed by atoms with Crippen molar-refractivity contribution >= 4 is 0 Å². The number of halogens is 2. The summed E-state index contributed by atoms with van der Waals surface area (Å²) in [5, 5.41) is 0. The largest absolute Gasteiger partial charge is 0.586 e. The van der Waals surface area contributed by atoms with E-state index in [-0.39, 0.29) is 16.9 Å². The van der Waals surface area contributed by atoms with E-state index in [0.717, 1.165) is 12.0 Å². The van der Waals surface area contributed by atoms with Crippen molar-refractivity contribution in [3.63, 3.8) is 0 Å². The molecule has 1 aliphatic heterocycles. The van der Waals surface area contributed by atoms with E-state index in [1.807, 2.05) is 20.8 Å². The quantitative estimate of drug-likeness (QED) is 0.768. The average molecular weight is 228 g/mol. The molecule has 0 saturated carbocycles. The monoisotopic (exact) mass is 228 g/mol. The predicted molar refractivity (Wildman–Crippen MR) is 56.0 cm³/mol. The molecule has 0 aromatic heterocycles. The normalized spacial score (nSPS) is 17.6. The lowest BCUT2D eigenvalue weighted by molar-refractivity contribution is -0.287. The van der Waals surface area contributed by atoms with Gasteiger partial charge in [-0.05, 0) is 17.9 Å². The standard InChI is InChI=1S/C12H14F2O2/c1-4-11(2,3)8-6-5-7-9-10(8)16-12(13,14)15-9/h5-7H,4H2,1-3H3. The summed E-state index contributed by atoms with van der Waals surface area (Å²) in [6.45, 7) is 5.98. The molecule has 88 valence electrons. The molecule has 0 bridgehead atoms. The average Bonchev–Trinajstić information content (AvgIpc) is 2.50. The number of hydrogen-bond acceptors (Lipinski definition) is 2. The maximum Gasteiger partial charge on any atom is 0.586 e. The Balaban J connectivity index is 2.49. The van der Waals surface area contributed by atoms with Crippen molar-refractivity contribution in [1.29, 1.82) is 0 Å². The lowest BCUT2D eigenvalue weighted by Crippen LogP contribution is -2.26. The smallest absolute Gasteiger partial charge is 0.395 e. The third-order valence-corrected chi connectivity index (χ3v) is 3.04. The molecule has 1 heterocycles. The molecular formula is C12H14F2O2. The van der Waals surface area contributed by atoms with Gasteiger partial charge in [0.15, 0.2) is 11.5 Å². The Kier molecular flexibility index (Phi) is 2.33. The molecular weight excluding hydrogens is 214 g/mol. The molecule has 0 saturated heterocycles. The molecule has 1 aliphatic rings. The summed E-state index contributed by atoms with van der Waals surface area (Å²) in [5.74, 6) is 0.281. The van der Waals surface area contributed by atoms with Crippen LogP contribution in [0.4, 0.5) is 8.78 Å². The van der Waals surface area contributed by atoms with E-state index in [9.17, 15) is 8.78 Å². The maximum atomic E-state index is 13.0. The van der Waals surface area contributed by atoms with E-state index in [1.165, 1.54) is 6.07 Å². The Morgan fingerprint density at radius 1 is 1.25 bits per heavy atom. The van der Waals surface area contributed by atoms with Gasteiger partial charge in [0.05, 0.1) is 0 Å². The molecule has 1 aromatic carbocycles. The van der Waals surface area contributed by atoms with Crippen molar-refractivity contribution in [2.45, 2.75) is 38.9 Å². The summed E-state index contributed by atoms with van der Waals surface area (Å²) >= 11 is 0. The van der Waals surface area contributed by atoms with E-state index in [1.54, 1.807) is 12.1 Å². The van der Waals surface area contributed by atoms with Gasteiger partial charge in [0, 0.05) is 5.56 Å². The summed E-state index contributed by atoms with van der Waals surface area (Å²) in [7, 11) is 0. The van der Waals surface area contributed by atoms with Gasteiger partial charge in [-0.2, -0.15) is 0 Å². The van der Waals surface area contributed by atoms with Crippen molar-refractivity contribution in [3.05, 3.63) is 23.8 Å². The highest BCUT2D eigenvalue weighted by atomic mass is 19.3. The molecule has 1 aromatic rings. The van der Waals surface area contributed by atoms with Crippen molar-refractivity contribution < 1.29 is 18.3 Å². The molecule has 4 heteroatoms. The molecule has 0 atom stereocenters. The molecule has 2 rings (SSSR count). The highest BCUT2D eigenvalue weighted by molar-refractivity contribution is 5.51. The van der Waals surface area contributed by atoms with E-state index in [0.29, 0.717) is 0 Å². The van der Waals surface area contributed by atoms with Gasteiger partial charge in [0.1, 0.15) is 0 Å². The number of para-hydroxylation sites is 1. The van der Waals surface area contributed by atoms with Gasteiger partial charge >= 0.3 is 6.29 Å². The lowest BCUT2D eigenvalue weighted by Gasteiger charge is -2.24. The van der Waals surface area contributed by atoms with Crippen LogP contribution in [-0.4, -0.2) is 6.29 Å². The first-order valence-electron chi connectivity index (χ1n) is 5.25. The van der Waals surface area contributed by atoms with E-state index >= 15 is 0 Å². The molecule has 0 fully saturated rings. The molecule has 0 amide bonds. The van der Waals surface area contributed by atoms with Crippen LogP contribution >= 0.6 is 0 Å². The zero-order chi connectivity index (χ0) is 12.0. The van der Waals surface area contributed by atoms with Gasteiger partial charge in [-0.15, -0.1) is 8.78 Å². The van der Waals surface area contributed by atoms with Gasteiger partial charge < -0.3 is 9.47 Å². The number of alkyl halides is 2. The SMILES string of the molecule is CCC(C)(C)c1cccc2c1OC(F)(F)O2. The van der Waals surface area contributed by atoms with Crippen LogP contribution in [0.2, 0.25) is 0 Å². The fourth-order valence-corrected chi connectivity index (χ4v) is 1.69. The Bertz CT molecular complexity index is 413. The zero-order valence-corrected chi connectivity index (χ0v) is 9.51. The first kappa shape index (κ1) is 11.2. The second kappa shape index (κ2) is 3.34. The summed E-state index contributed by atoms with van der Waals surface area (Å²) < 4.78 is 34.9. The van der Waals surface area contributed by atoms with Crippen molar-refractivity contribution in [2.24, 2.45) is 0 Å². The number of fused-ring (bicyclic) bond motifs is 1. The van der Waals surface area contributed by atoms with Crippen molar-refractivity contribution in [1.82, 2.24) is 0 Å². The first-order valence-corrected chi connectivity index (χ1v) is 5.25. The summed E-state index contributed by atoms with van der Waals surface area (Å²) in [4.78, 5) is 0. The van der Waals surface area contributed by atoms with Crippen LogP contribution in [0.3, 0.4) is 0 Å². The highest BCUT2D eigenvalue weighted by Gasteiger charge is 2.45. The van der Waals surface area contributed by atoms with Crippen LogP contribution in [0.15, 0.2) is 18.2 Å². The molecule has 0 spiro atoms. The first-order chi connectivity index (χ1) is 7.36. The van der Waals surface area contributed by atoms with Crippen LogP contribution in [-0.2, 0) is 5.41 Å². The van der Waals surface area contributed by atoms with Gasteiger partial charge in [0.25, 0.3) is 0 Å². The van der Waals surface area contributed by atoms with Crippen LogP contribution in [0.5, 0.6) is 11.5 Å². The molecule has 0 radical (unpaired) electrons. The van der Waals surface area contributed by atoms with Gasteiger partial charge in [-0.25, -0.2) is 0 Å². The molecule has 0 unspecified atom stereocenters. The third kappa shape index (κ3) is 1.72. The van der Waals surface area contributed by atoms with E-state index in [2.05, 4.69) is 9.47 Å². The number of ether oxygens (including phenoxy) is 2. The molecule has 0 N–H and O–H groups in total. The second-order valence-electron chi connectivity index (χ2n) is 4.54. The molecule has 2 nitrogen and oxygen atoms in total. The van der Waals surface area contributed by atoms with Gasteiger partial charge in [-0.1, -0.05) is 32.9 Å². The number of rotatable bonds is 2. The third-order valence-electron chi connectivity index (χ3n) is 3.04. The fourth-order valence-electron chi connectivity index (χ4n) is 1.69. The molecule has 16 heavy (non-hydrogen) atoms. The molecule has 0 aliphatic carbocycles. The summed E-state index contributed by atoms with van der Waals surface area (Å²) in [6.07, 6.45) is -2.71. The minimum Gasteiger partial charge on any atom is -0.395 e. The maximum absolute atomic E-state index is 13.0. The van der Waals surface area contributed by atoms with E-state index < -0.39 is 6.29 Å². The van der Waals surface area contributed by atoms with Crippen molar-refractivity contribution in [2.75, 3.05) is 0 Å². The van der Waals surface area contributed by atoms with Crippen molar-refractivity contribution in [3.8, 4) is 11.5 Å². The lowest BCUT2D eigenvalue weighted by atomic mass is 9.81. The second-order valence-corrected chi connectivity index (χ2v) is 4.54. The zero-order valence-electron chi connectivity index (χ0n) is 9.51. The van der Waals surface area contributed by atoms with Gasteiger partial charge in [0.2, 0.25) is 0 Å². The van der Waals surface area contributed by atoms with Crippen LogP contribution in [0, 0.1) is 0 Å². The Morgan fingerprint density at radius 3 is 2.56 bits per heavy atom. The minimum atomic E-state index is -3.54. The van der Waals surface area contributed by atoms with E-state index in [4.69, 9.17) is 0 Å². The number of hydrogen-bond donors (Lipinski definition) is 0. The van der Waals surface area contributed by atoms with Gasteiger partial charge in [-0.3, -0.25) is 0 Å². The summed E-state index contributed by atoms with van der Waals surface area (Å²) in [6, 6.07) is 4.99. The minimum absolute atomic E-state index is 0.115. The Hall–Kier alpha value is -1.32. The Morgan fingerprint density at radius 2 is 1.94 bits per heavy atom. The van der Waals surface area contributed by atoms with Crippen LogP contribution < -0.4 is 9.47 Å². The fraction of sp³-hybridized carbons (Fsp3) is 0.500. The predicted octanol–water partition coefficient (Wildman–Crippen LogP) is 3.70. The van der Waals surface area contributed by atoms with Crippen LogP contribution in [0.25, 0.3) is 0 Å². The highest BCUT2D eigenvalue weighted by Crippen LogP contribution is 2.47. The number of benzene rings is 1. The van der Waals surface area contributed by atoms with Crippen LogP contribution in [0.1, 0.15) is 32.8 Å². The Labute approximate surface area is 93.2 Å².